The second kappa shape index (κ2) is 12.0. The molecule has 4 rings (SSSR count). The zero-order chi connectivity index (χ0) is 26.3. The average molecular weight is 506 g/mol. The summed E-state index contributed by atoms with van der Waals surface area (Å²) in [4.78, 5) is 40.5. The van der Waals surface area contributed by atoms with Crippen molar-refractivity contribution < 1.29 is 19.2 Å². The van der Waals surface area contributed by atoms with E-state index in [0.29, 0.717) is 50.1 Å². The van der Waals surface area contributed by atoms with E-state index in [1.807, 2.05) is 47.1 Å². The Balaban J connectivity index is 1.26. The molecule has 2 fully saturated rings. The number of rotatable bonds is 9. The highest BCUT2D eigenvalue weighted by Gasteiger charge is 2.42. The van der Waals surface area contributed by atoms with Gasteiger partial charge in [0.05, 0.1) is 11.5 Å². The summed E-state index contributed by atoms with van der Waals surface area (Å²) in [5.74, 6) is 0.995. The second-order valence-corrected chi connectivity index (χ2v) is 10.00. The minimum Gasteiger partial charge on any atom is -0.494 e. The molecule has 2 aromatic rings. The number of nitro groups is 1. The van der Waals surface area contributed by atoms with E-state index in [-0.39, 0.29) is 22.9 Å². The van der Waals surface area contributed by atoms with Crippen molar-refractivity contribution in [2.75, 3.05) is 32.8 Å². The van der Waals surface area contributed by atoms with Crippen molar-refractivity contribution in [3.8, 4) is 5.75 Å². The van der Waals surface area contributed by atoms with Crippen molar-refractivity contribution in [2.24, 2.45) is 5.41 Å². The molecule has 2 saturated heterocycles. The van der Waals surface area contributed by atoms with Crippen LogP contribution in [0.15, 0.2) is 60.2 Å². The van der Waals surface area contributed by atoms with Gasteiger partial charge in [0.1, 0.15) is 5.75 Å². The van der Waals surface area contributed by atoms with Crippen LogP contribution in [0.3, 0.4) is 0 Å². The first-order valence-electron chi connectivity index (χ1n) is 13.1. The third-order valence-corrected chi connectivity index (χ3v) is 7.53. The summed E-state index contributed by atoms with van der Waals surface area (Å²) in [5.41, 5.74) is 1.40. The van der Waals surface area contributed by atoms with Gasteiger partial charge in [-0.1, -0.05) is 37.3 Å². The molecule has 2 amide bonds. The standard InChI is InChI=1S/C29H35N3O5/c1-2-24(20-23-8-6-9-25(21-23)32(35)36)28(34)31-18-15-29(22-31)13-16-30(17-14-29)27(33)12-7-19-37-26-10-4-3-5-11-26/h3-6,8-11,20-21H,2,7,12-19,22H2,1H3/b24-20-. The van der Waals surface area contributed by atoms with E-state index in [4.69, 9.17) is 4.74 Å². The lowest BCUT2D eigenvalue weighted by Crippen LogP contribution is -2.44. The molecule has 196 valence electrons. The molecule has 0 N–H and O–H groups in total. The summed E-state index contributed by atoms with van der Waals surface area (Å²) < 4.78 is 5.69. The first-order chi connectivity index (χ1) is 17.9. The van der Waals surface area contributed by atoms with Crippen molar-refractivity contribution in [2.45, 2.75) is 45.4 Å². The maximum absolute atomic E-state index is 13.3. The fourth-order valence-electron chi connectivity index (χ4n) is 5.28. The molecule has 0 saturated carbocycles. The molecular weight excluding hydrogens is 470 g/mol. The molecule has 8 nitrogen and oxygen atoms in total. The molecule has 0 aromatic heterocycles. The van der Waals surface area contributed by atoms with Crippen LogP contribution in [-0.2, 0) is 9.59 Å². The molecule has 0 aliphatic carbocycles. The van der Waals surface area contributed by atoms with Gasteiger partial charge in [-0.05, 0) is 61.3 Å². The summed E-state index contributed by atoms with van der Waals surface area (Å²) in [7, 11) is 0. The molecule has 2 aliphatic rings. The topological polar surface area (TPSA) is 93.0 Å². The van der Waals surface area contributed by atoms with Gasteiger partial charge >= 0.3 is 0 Å². The number of ether oxygens (including phenoxy) is 1. The maximum Gasteiger partial charge on any atom is 0.270 e. The Hall–Kier alpha value is -3.68. The molecule has 0 unspecified atom stereocenters. The first-order valence-corrected chi connectivity index (χ1v) is 13.1. The minimum atomic E-state index is -0.426. The van der Waals surface area contributed by atoms with Gasteiger partial charge < -0.3 is 14.5 Å². The Morgan fingerprint density at radius 3 is 2.41 bits per heavy atom. The SMILES string of the molecule is CC/C(=C/c1cccc([N+](=O)[O-])c1)C(=O)N1CCC2(CCN(C(=O)CCCOc3ccccc3)CC2)C1. The third kappa shape index (κ3) is 6.76. The zero-order valence-electron chi connectivity index (χ0n) is 21.4. The number of carbonyl (C=O) groups excluding carboxylic acids is 2. The molecule has 0 atom stereocenters. The van der Waals surface area contributed by atoms with Crippen LogP contribution in [0.2, 0.25) is 0 Å². The van der Waals surface area contributed by atoms with Crippen molar-refractivity contribution >= 4 is 23.6 Å². The number of likely N-dealkylation sites (tertiary alicyclic amines) is 2. The summed E-state index contributed by atoms with van der Waals surface area (Å²) in [6.07, 6.45) is 6.24. The lowest BCUT2D eigenvalue weighted by Gasteiger charge is -2.39. The Morgan fingerprint density at radius 2 is 1.73 bits per heavy atom. The molecule has 2 heterocycles. The quantitative estimate of drug-likeness (QED) is 0.205. The van der Waals surface area contributed by atoms with Crippen LogP contribution in [0.5, 0.6) is 5.75 Å². The monoisotopic (exact) mass is 505 g/mol. The van der Waals surface area contributed by atoms with E-state index in [2.05, 4.69) is 0 Å². The van der Waals surface area contributed by atoms with Gasteiger partial charge in [0.2, 0.25) is 11.8 Å². The Morgan fingerprint density at radius 1 is 1.03 bits per heavy atom. The van der Waals surface area contributed by atoms with Gasteiger partial charge in [0.25, 0.3) is 5.69 Å². The fraction of sp³-hybridized carbons (Fsp3) is 0.448. The summed E-state index contributed by atoms with van der Waals surface area (Å²) in [6, 6.07) is 16.0. The van der Waals surface area contributed by atoms with Crippen LogP contribution in [0, 0.1) is 15.5 Å². The number of nitrogens with zero attached hydrogens (tertiary/aromatic N) is 3. The highest BCUT2D eigenvalue weighted by atomic mass is 16.6. The number of benzene rings is 2. The molecule has 2 aliphatic heterocycles. The highest BCUT2D eigenvalue weighted by Crippen LogP contribution is 2.41. The van der Waals surface area contributed by atoms with Crippen LogP contribution >= 0.6 is 0 Å². The van der Waals surface area contributed by atoms with Crippen LogP contribution in [0.1, 0.15) is 51.0 Å². The molecular formula is C29H35N3O5. The van der Waals surface area contributed by atoms with Gasteiger partial charge in [0, 0.05) is 50.3 Å². The van der Waals surface area contributed by atoms with Gasteiger partial charge in [-0.25, -0.2) is 0 Å². The smallest absolute Gasteiger partial charge is 0.270 e. The largest absolute Gasteiger partial charge is 0.494 e. The van der Waals surface area contributed by atoms with E-state index >= 15 is 0 Å². The van der Waals surface area contributed by atoms with Gasteiger partial charge in [-0.2, -0.15) is 0 Å². The lowest BCUT2D eigenvalue weighted by molar-refractivity contribution is -0.384. The second-order valence-electron chi connectivity index (χ2n) is 10.00. The number of hydrogen-bond acceptors (Lipinski definition) is 5. The molecule has 8 heteroatoms. The van der Waals surface area contributed by atoms with Gasteiger partial charge in [-0.3, -0.25) is 19.7 Å². The van der Waals surface area contributed by atoms with Crippen LogP contribution in [0.4, 0.5) is 5.69 Å². The summed E-state index contributed by atoms with van der Waals surface area (Å²) in [5, 5.41) is 11.1. The van der Waals surface area contributed by atoms with E-state index in [0.717, 1.165) is 38.1 Å². The number of piperidine rings is 1. The van der Waals surface area contributed by atoms with Gasteiger partial charge in [0.15, 0.2) is 0 Å². The van der Waals surface area contributed by atoms with Crippen molar-refractivity contribution in [3.63, 3.8) is 0 Å². The molecule has 1 spiro atoms. The lowest BCUT2D eigenvalue weighted by atomic mass is 9.77. The van der Waals surface area contributed by atoms with Crippen LogP contribution < -0.4 is 4.74 Å². The molecule has 2 aromatic carbocycles. The number of nitro benzene ring substituents is 1. The Bertz CT molecular complexity index is 1140. The zero-order valence-corrected chi connectivity index (χ0v) is 21.4. The van der Waals surface area contributed by atoms with Crippen LogP contribution in [-0.4, -0.2) is 59.3 Å². The minimum absolute atomic E-state index is 0.00260. The molecule has 0 bridgehead atoms. The normalized spacial score (nSPS) is 17.2. The van der Waals surface area contributed by atoms with Crippen molar-refractivity contribution in [1.82, 2.24) is 9.80 Å². The van der Waals surface area contributed by atoms with E-state index in [9.17, 15) is 19.7 Å². The number of non-ortho nitro benzene ring substituents is 1. The number of hydrogen-bond donors (Lipinski definition) is 0. The van der Waals surface area contributed by atoms with Crippen molar-refractivity contribution in [3.05, 3.63) is 75.8 Å². The Kier molecular flexibility index (Phi) is 8.58. The van der Waals surface area contributed by atoms with E-state index in [1.165, 1.54) is 12.1 Å². The predicted octanol–water partition coefficient (Wildman–Crippen LogP) is 5.09. The highest BCUT2D eigenvalue weighted by molar-refractivity contribution is 5.98. The number of amides is 2. The average Bonchev–Trinajstić information content (AvgIpc) is 3.33. The van der Waals surface area contributed by atoms with Gasteiger partial charge in [-0.15, -0.1) is 0 Å². The van der Waals surface area contributed by atoms with Crippen molar-refractivity contribution in [1.29, 1.82) is 0 Å². The van der Waals surface area contributed by atoms with Crippen LogP contribution in [0.25, 0.3) is 6.08 Å². The summed E-state index contributed by atoms with van der Waals surface area (Å²) in [6.45, 7) is 5.31. The maximum atomic E-state index is 13.3. The number of carbonyl (C=O) groups is 2. The first kappa shape index (κ1) is 26.4. The van der Waals surface area contributed by atoms with E-state index in [1.54, 1.807) is 18.2 Å². The number of para-hydroxylation sites is 1. The molecule has 37 heavy (non-hydrogen) atoms. The fourth-order valence-corrected chi connectivity index (χ4v) is 5.28. The Labute approximate surface area is 218 Å². The predicted molar refractivity (Wildman–Crippen MR) is 142 cm³/mol. The third-order valence-electron chi connectivity index (χ3n) is 7.53. The molecule has 0 radical (unpaired) electrons. The van der Waals surface area contributed by atoms with E-state index < -0.39 is 4.92 Å². The summed E-state index contributed by atoms with van der Waals surface area (Å²) >= 11 is 0.